The van der Waals surface area contributed by atoms with E-state index >= 15 is 0 Å². The highest BCUT2D eigenvalue weighted by Gasteiger charge is 2.38. The molecule has 2 aliphatic rings. The molecule has 0 radical (unpaired) electrons. The highest BCUT2D eigenvalue weighted by atomic mass is 16.5. The van der Waals surface area contributed by atoms with Crippen molar-refractivity contribution < 1.29 is 23.8 Å². The molecule has 5 heteroatoms. The topological polar surface area (TPSA) is 61.8 Å². The van der Waals surface area contributed by atoms with Crippen molar-refractivity contribution in [3.05, 3.63) is 94.2 Å². The summed E-state index contributed by atoms with van der Waals surface area (Å²) in [7, 11) is 1.61. The number of ether oxygens (including phenoxy) is 3. The third-order valence-corrected chi connectivity index (χ3v) is 6.20. The summed E-state index contributed by atoms with van der Waals surface area (Å²) in [5.74, 6) is 1.59. The van der Waals surface area contributed by atoms with Crippen molar-refractivity contribution in [3.63, 3.8) is 0 Å². The van der Waals surface area contributed by atoms with E-state index < -0.39 is 0 Å². The molecule has 2 aliphatic heterocycles. The number of hydrogen-bond donors (Lipinski definition) is 0. The molecule has 0 aliphatic carbocycles. The first-order chi connectivity index (χ1) is 15.9. The van der Waals surface area contributed by atoms with Gasteiger partial charge in [0, 0.05) is 11.5 Å². The number of esters is 1. The molecule has 0 saturated heterocycles. The van der Waals surface area contributed by atoms with Crippen LogP contribution in [0.25, 0.3) is 6.08 Å². The molecule has 0 saturated carbocycles. The first kappa shape index (κ1) is 21.0. The van der Waals surface area contributed by atoms with E-state index in [1.807, 2.05) is 36.4 Å². The lowest BCUT2D eigenvalue weighted by atomic mass is 9.84. The number of rotatable bonds is 4. The minimum Gasteiger partial charge on any atom is -0.497 e. The molecule has 3 aromatic carbocycles. The molecule has 1 atom stereocenters. The normalized spacial score (nSPS) is 18.1. The van der Waals surface area contributed by atoms with Gasteiger partial charge in [0.15, 0.2) is 5.76 Å². The molecule has 1 unspecified atom stereocenters. The maximum absolute atomic E-state index is 13.1. The Hall–Kier alpha value is -3.86. The lowest BCUT2D eigenvalue weighted by Crippen LogP contribution is -2.21. The van der Waals surface area contributed by atoms with Crippen LogP contribution in [0.3, 0.4) is 0 Å². The molecule has 166 valence electrons. The first-order valence-corrected chi connectivity index (χ1v) is 11.0. The summed E-state index contributed by atoms with van der Waals surface area (Å²) in [6.07, 6.45) is 1.91. The van der Waals surface area contributed by atoms with E-state index in [4.69, 9.17) is 14.2 Å². The van der Waals surface area contributed by atoms with Crippen molar-refractivity contribution in [1.82, 2.24) is 0 Å². The Bertz CT molecular complexity index is 1270. The summed E-state index contributed by atoms with van der Waals surface area (Å²) in [6.45, 7) is 4.29. The van der Waals surface area contributed by atoms with Crippen molar-refractivity contribution in [1.29, 1.82) is 0 Å². The van der Waals surface area contributed by atoms with E-state index in [0.29, 0.717) is 23.0 Å². The molecule has 5 nitrogen and oxygen atoms in total. The second-order valence-corrected chi connectivity index (χ2v) is 8.62. The number of benzene rings is 3. The van der Waals surface area contributed by atoms with Crippen molar-refractivity contribution in [3.8, 4) is 17.2 Å². The van der Waals surface area contributed by atoms with Crippen LogP contribution in [0.1, 0.15) is 64.7 Å². The van der Waals surface area contributed by atoms with E-state index in [1.165, 1.54) is 5.56 Å². The van der Waals surface area contributed by atoms with E-state index in [-0.39, 0.29) is 29.9 Å². The van der Waals surface area contributed by atoms with Crippen LogP contribution < -0.4 is 14.2 Å². The lowest BCUT2D eigenvalue weighted by molar-refractivity contribution is -0.135. The molecule has 0 aromatic heterocycles. The van der Waals surface area contributed by atoms with Gasteiger partial charge in [-0.2, -0.15) is 0 Å². The summed E-state index contributed by atoms with van der Waals surface area (Å²) in [6, 6.07) is 19.0. The average Bonchev–Trinajstić information content (AvgIpc) is 3.14. The number of carbonyl (C=O) groups excluding carboxylic acids is 2. The van der Waals surface area contributed by atoms with Gasteiger partial charge in [-0.3, -0.25) is 9.59 Å². The van der Waals surface area contributed by atoms with Gasteiger partial charge in [-0.15, -0.1) is 0 Å². The predicted molar refractivity (Wildman–Crippen MR) is 125 cm³/mol. The number of methoxy groups -OCH3 is 1. The fraction of sp³-hybridized carbons (Fsp3) is 0.214. The van der Waals surface area contributed by atoms with Gasteiger partial charge in [-0.25, -0.2) is 0 Å². The Morgan fingerprint density at radius 2 is 1.67 bits per heavy atom. The van der Waals surface area contributed by atoms with Crippen molar-refractivity contribution in [2.24, 2.45) is 0 Å². The smallest absolute Gasteiger partial charge is 0.312 e. The van der Waals surface area contributed by atoms with E-state index in [1.54, 1.807) is 25.3 Å². The molecular weight excluding hydrogens is 416 g/mol. The van der Waals surface area contributed by atoms with Gasteiger partial charge in [0.1, 0.15) is 17.2 Å². The van der Waals surface area contributed by atoms with Gasteiger partial charge in [-0.05, 0) is 52.9 Å². The fourth-order valence-corrected chi connectivity index (χ4v) is 4.36. The molecule has 0 bridgehead atoms. The zero-order valence-corrected chi connectivity index (χ0v) is 18.8. The maximum Gasteiger partial charge on any atom is 0.312 e. The lowest BCUT2D eigenvalue weighted by Gasteiger charge is -2.26. The van der Waals surface area contributed by atoms with Gasteiger partial charge in [0.2, 0.25) is 5.78 Å². The monoisotopic (exact) mass is 440 g/mol. The van der Waals surface area contributed by atoms with Crippen molar-refractivity contribution in [2.75, 3.05) is 7.11 Å². The third-order valence-electron chi connectivity index (χ3n) is 6.20. The van der Waals surface area contributed by atoms with Gasteiger partial charge in [0.25, 0.3) is 0 Å². The Balaban J connectivity index is 1.55. The Labute approximate surface area is 192 Å². The Kier molecular flexibility index (Phi) is 5.25. The number of fused-ring (bicyclic) bond motifs is 3. The van der Waals surface area contributed by atoms with Crippen molar-refractivity contribution >= 4 is 17.8 Å². The van der Waals surface area contributed by atoms with Crippen LogP contribution in [0.2, 0.25) is 0 Å². The summed E-state index contributed by atoms with van der Waals surface area (Å²) in [5.41, 5.74) is 4.28. The second-order valence-electron chi connectivity index (χ2n) is 8.62. The Morgan fingerprint density at radius 1 is 0.939 bits per heavy atom. The minimum atomic E-state index is -0.293. The quantitative estimate of drug-likeness (QED) is 0.288. The molecule has 0 fully saturated rings. The maximum atomic E-state index is 13.1. The van der Waals surface area contributed by atoms with Crippen LogP contribution in [-0.2, 0) is 4.79 Å². The van der Waals surface area contributed by atoms with Gasteiger partial charge in [0.05, 0.1) is 19.1 Å². The average molecular weight is 440 g/mol. The predicted octanol–water partition coefficient (Wildman–Crippen LogP) is 5.88. The number of ketones is 1. The SMILES string of the molecule is COc1ccc(/C=C2\Oc3c(ccc4c3C(c3ccc(C(C)C)cc3)CC(=O)O4)C2=O)cc1. The number of carbonyl (C=O) groups is 2. The summed E-state index contributed by atoms with van der Waals surface area (Å²) >= 11 is 0. The summed E-state index contributed by atoms with van der Waals surface area (Å²) in [4.78, 5) is 25.5. The molecule has 33 heavy (non-hydrogen) atoms. The second kappa shape index (κ2) is 8.24. The highest BCUT2D eigenvalue weighted by Crippen LogP contribution is 2.49. The summed E-state index contributed by atoms with van der Waals surface area (Å²) < 4.78 is 16.8. The number of hydrogen-bond acceptors (Lipinski definition) is 5. The molecular formula is C28H24O5. The molecule has 5 rings (SSSR count). The van der Waals surface area contributed by atoms with Crippen LogP contribution in [0.4, 0.5) is 0 Å². The number of Topliss-reactive ketones (excluding diaryl/α,β-unsaturated/α-hetero) is 1. The van der Waals surface area contributed by atoms with Crippen molar-refractivity contribution in [2.45, 2.75) is 32.1 Å². The standard InChI is InChI=1S/C28H24O5/c1-16(2)18-6-8-19(9-7-18)22-15-25(29)32-23-13-12-21-27(30)24(33-28(21)26(22)23)14-17-4-10-20(31-3)11-5-17/h4-14,16,22H,15H2,1-3H3/b24-14-. The van der Waals surface area contributed by atoms with Crippen LogP contribution in [-0.4, -0.2) is 18.9 Å². The summed E-state index contributed by atoms with van der Waals surface area (Å²) in [5, 5.41) is 0. The molecule has 3 aromatic rings. The fourth-order valence-electron chi connectivity index (χ4n) is 4.36. The Morgan fingerprint density at radius 3 is 2.33 bits per heavy atom. The van der Waals surface area contributed by atoms with Gasteiger partial charge < -0.3 is 14.2 Å². The molecule has 0 spiro atoms. The van der Waals surface area contributed by atoms with E-state index in [0.717, 1.165) is 22.4 Å². The zero-order chi connectivity index (χ0) is 23.1. The molecule has 2 heterocycles. The van der Waals surface area contributed by atoms with Crippen LogP contribution in [0.15, 0.2) is 66.4 Å². The largest absolute Gasteiger partial charge is 0.497 e. The highest BCUT2D eigenvalue weighted by molar-refractivity contribution is 6.15. The molecule has 0 amide bonds. The molecule has 0 N–H and O–H groups in total. The van der Waals surface area contributed by atoms with Crippen LogP contribution in [0.5, 0.6) is 17.2 Å². The van der Waals surface area contributed by atoms with E-state index in [9.17, 15) is 9.59 Å². The number of allylic oxidation sites excluding steroid dienone is 1. The first-order valence-electron chi connectivity index (χ1n) is 11.0. The van der Waals surface area contributed by atoms with Gasteiger partial charge >= 0.3 is 5.97 Å². The third kappa shape index (κ3) is 3.80. The van der Waals surface area contributed by atoms with Gasteiger partial charge in [-0.1, -0.05) is 50.2 Å². The zero-order valence-electron chi connectivity index (χ0n) is 18.8. The minimum absolute atomic E-state index is 0.186. The van der Waals surface area contributed by atoms with Crippen LogP contribution in [0, 0.1) is 0 Å². The van der Waals surface area contributed by atoms with Crippen LogP contribution >= 0.6 is 0 Å². The van der Waals surface area contributed by atoms with E-state index in [2.05, 4.69) is 26.0 Å².